The number of ether oxygens (including phenoxy) is 1. The van der Waals surface area contributed by atoms with Crippen molar-refractivity contribution >= 4 is 40.6 Å². The number of imidazole rings is 1. The van der Waals surface area contributed by atoms with Gasteiger partial charge in [0.1, 0.15) is 17.4 Å². The third-order valence-corrected chi connectivity index (χ3v) is 4.40. The first-order chi connectivity index (χ1) is 11.2. The van der Waals surface area contributed by atoms with Crippen LogP contribution < -0.4 is 10.5 Å². The third-order valence-electron chi connectivity index (χ3n) is 3.72. The van der Waals surface area contributed by atoms with Gasteiger partial charge in [0.05, 0.1) is 23.7 Å². The molecule has 0 spiro atoms. The Labute approximate surface area is 148 Å². The van der Waals surface area contributed by atoms with Gasteiger partial charge in [0.25, 0.3) is 0 Å². The molecule has 1 aromatic carbocycles. The van der Waals surface area contributed by atoms with Crippen LogP contribution in [0.5, 0.6) is 5.75 Å². The highest BCUT2D eigenvalue weighted by Gasteiger charge is 2.12. The number of nitrogens with zero attached hydrogens (tertiary/aromatic N) is 2. The molecule has 0 aliphatic heterocycles. The van der Waals surface area contributed by atoms with E-state index >= 15 is 0 Å². The predicted octanol–water partition coefficient (Wildman–Crippen LogP) is 4.37. The summed E-state index contributed by atoms with van der Waals surface area (Å²) >= 11 is 1.65. The molecule has 24 heavy (non-hydrogen) atoms. The Bertz CT molecular complexity index is 982. The molecular formula is C17H15ClN4OS. The van der Waals surface area contributed by atoms with Crippen LogP contribution in [0.1, 0.15) is 0 Å². The Morgan fingerprint density at radius 1 is 1.17 bits per heavy atom. The summed E-state index contributed by atoms with van der Waals surface area (Å²) in [6.07, 6.45) is 1.78. The molecular weight excluding hydrogens is 344 g/mol. The molecule has 3 N–H and O–H groups in total. The van der Waals surface area contributed by atoms with Gasteiger partial charge in [-0.05, 0) is 40.6 Å². The second kappa shape index (κ2) is 6.51. The zero-order valence-electron chi connectivity index (χ0n) is 12.8. The zero-order valence-corrected chi connectivity index (χ0v) is 14.4. The summed E-state index contributed by atoms with van der Waals surface area (Å²) in [5, 5.41) is 4.12. The van der Waals surface area contributed by atoms with Gasteiger partial charge in [0.15, 0.2) is 0 Å². The Morgan fingerprint density at radius 2 is 2.04 bits per heavy atom. The molecule has 5 nitrogen and oxygen atoms in total. The monoisotopic (exact) mass is 358 g/mol. The number of hydrogen-bond donors (Lipinski definition) is 2. The van der Waals surface area contributed by atoms with Gasteiger partial charge in [0, 0.05) is 17.8 Å². The van der Waals surface area contributed by atoms with Gasteiger partial charge in [-0.1, -0.05) is 0 Å². The van der Waals surface area contributed by atoms with Crippen molar-refractivity contribution in [1.82, 2.24) is 15.0 Å². The fraction of sp³-hybridized carbons (Fsp3) is 0.0588. The number of anilines is 1. The number of nitrogens with two attached hydrogens (primary N) is 1. The molecule has 0 radical (unpaired) electrons. The summed E-state index contributed by atoms with van der Waals surface area (Å²) < 4.78 is 5.25. The van der Waals surface area contributed by atoms with Crippen molar-refractivity contribution in [3.8, 4) is 28.3 Å². The van der Waals surface area contributed by atoms with Crippen LogP contribution in [0.15, 0.2) is 47.3 Å². The summed E-state index contributed by atoms with van der Waals surface area (Å²) in [5.74, 6) is 1.94. The molecule has 0 unspecified atom stereocenters. The van der Waals surface area contributed by atoms with Crippen molar-refractivity contribution in [3.05, 3.63) is 47.3 Å². The van der Waals surface area contributed by atoms with Crippen molar-refractivity contribution in [1.29, 1.82) is 0 Å². The number of benzene rings is 1. The first kappa shape index (κ1) is 16.3. The summed E-state index contributed by atoms with van der Waals surface area (Å²) in [7, 11) is 1.64. The molecule has 3 aromatic heterocycles. The number of pyridine rings is 1. The van der Waals surface area contributed by atoms with Gasteiger partial charge in [-0.15, -0.1) is 12.4 Å². The summed E-state index contributed by atoms with van der Waals surface area (Å²) in [5.41, 5.74) is 10.8. The maximum atomic E-state index is 6.06. The van der Waals surface area contributed by atoms with Crippen LogP contribution in [0, 0.1) is 0 Å². The van der Waals surface area contributed by atoms with Gasteiger partial charge in [-0.2, -0.15) is 11.3 Å². The Morgan fingerprint density at radius 3 is 2.79 bits per heavy atom. The fourth-order valence-corrected chi connectivity index (χ4v) is 3.16. The molecule has 4 rings (SSSR count). The second-order valence-electron chi connectivity index (χ2n) is 5.14. The molecule has 0 saturated heterocycles. The fourth-order valence-electron chi connectivity index (χ4n) is 2.49. The number of aromatic nitrogens is 3. The number of H-pyrrole nitrogens is 1. The molecule has 0 aliphatic carbocycles. The van der Waals surface area contributed by atoms with Crippen molar-refractivity contribution in [2.75, 3.05) is 12.8 Å². The number of nitrogens with one attached hydrogen (secondary N) is 1. The molecule has 122 valence electrons. The van der Waals surface area contributed by atoms with E-state index in [1.165, 1.54) is 0 Å². The lowest BCUT2D eigenvalue weighted by Gasteiger charge is -2.04. The first-order valence-electron chi connectivity index (χ1n) is 7.07. The van der Waals surface area contributed by atoms with Crippen molar-refractivity contribution in [2.24, 2.45) is 0 Å². The van der Waals surface area contributed by atoms with E-state index in [4.69, 9.17) is 10.5 Å². The smallest absolute Gasteiger partial charge is 0.142 e. The number of nitrogen functional groups attached to an aromatic ring is 1. The molecule has 7 heteroatoms. The van der Waals surface area contributed by atoms with E-state index < -0.39 is 0 Å². The highest BCUT2D eigenvalue weighted by atomic mass is 35.5. The predicted molar refractivity (Wildman–Crippen MR) is 101 cm³/mol. The van der Waals surface area contributed by atoms with Gasteiger partial charge in [-0.3, -0.25) is 0 Å². The number of halogens is 1. The normalized spacial score (nSPS) is 10.5. The minimum atomic E-state index is 0. The van der Waals surface area contributed by atoms with Gasteiger partial charge < -0.3 is 15.5 Å². The second-order valence-corrected chi connectivity index (χ2v) is 5.92. The molecule has 3 heterocycles. The number of hydrogen-bond acceptors (Lipinski definition) is 5. The summed E-state index contributed by atoms with van der Waals surface area (Å²) in [6, 6.07) is 9.79. The molecule has 0 fully saturated rings. The topological polar surface area (TPSA) is 76.8 Å². The van der Waals surface area contributed by atoms with Gasteiger partial charge in [-0.25, -0.2) is 9.97 Å². The van der Waals surface area contributed by atoms with E-state index in [0.29, 0.717) is 11.6 Å². The van der Waals surface area contributed by atoms with Crippen LogP contribution in [0.2, 0.25) is 0 Å². The third kappa shape index (κ3) is 2.81. The van der Waals surface area contributed by atoms with E-state index in [2.05, 4.69) is 26.4 Å². The Kier molecular flexibility index (Phi) is 4.42. The Hall–Kier alpha value is -2.57. The largest absolute Gasteiger partial charge is 0.497 e. The maximum Gasteiger partial charge on any atom is 0.142 e. The molecule has 0 saturated carbocycles. The molecule has 0 aliphatic rings. The van der Waals surface area contributed by atoms with E-state index in [1.807, 2.05) is 29.6 Å². The average Bonchev–Trinajstić information content (AvgIpc) is 3.24. The van der Waals surface area contributed by atoms with Gasteiger partial charge >= 0.3 is 0 Å². The molecule has 0 bridgehead atoms. The highest BCUT2D eigenvalue weighted by molar-refractivity contribution is 7.08. The van der Waals surface area contributed by atoms with E-state index in [1.54, 1.807) is 24.6 Å². The van der Waals surface area contributed by atoms with Crippen molar-refractivity contribution < 1.29 is 4.74 Å². The molecule has 4 aromatic rings. The summed E-state index contributed by atoms with van der Waals surface area (Å²) in [6.45, 7) is 0. The van der Waals surface area contributed by atoms with Crippen molar-refractivity contribution in [2.45, 2.75) is 0 Å². The lowest BCUT2D eigenvalue weighted by molar-refractivity contribution is 0.415. The number of thiophene rings is 1. The standard InChI is InChI=1S/C17H14N4OS.ClH/c1-22-12-2-3-14-15(7-12)21-17(20-14)13-6-11(8-19-16(13)18)10-4-5-23-9-10;/h2-9H,1H3,(H2,18,19)(H,20,21);1H. The van der Waals surface area contributed by atoms with E-state index in [-0.39, 0.29) is 12.4 Å². The number of aromatic amines is 1. The highest BCUT2D eigenvalue weighted by Crippen LogP contribution is 2.30. The van der Waals surface area contributed by atoms with E-state index in [9.17, 15) is 0 Å². The Balaban J connectivity index is 0.00000169. The first-order valence-corrected chi connectivity index (χ1v) is 8.01. The minimum absolute atomic E-state index is 0. The average molecular weight is 359 g/mol. The lowest BCUT2D eigenvalue weighted by atomic mass is 10.1. The number of rotatable bonds is 3. The maximum absolute atomic E-state index is 6.06. The number of fused-ring (bicyclic) bond motifs is 1. The van der Waals surface area contributed by atoms with Crippen LogP contribution >= 0.6 is 23.7 Å². The minimum Gasteiger partial charge on any atom is -0.497 e. The van der Waals surface area contributed by atoms with Crippen molar-refractivity contribution in [3.63, 3.8) is 0 Å². The lowest BCUT2D eigenvalue weighted by Crippen LogP contribution is -1.95. The zero-order chi connectivity index (χ0) is 15.8. The summed E-state index contributed by atoms with van der Waals surface area (Å²) in [4.78, 5) is 12.2. The van der Waals surface area contributed by atoms with Crippen LogP contribution in [0.25, 0.3) is 33.5 Å². The van der Waals surface area contributed by atoms with Crippen LogP contribution in [0.3, 0.4) is 0 Å². The van der Waals surface area contributed by atoms with Gasteiger partial charge in [0.2, 0.25) is 0 Å². The number of methoxy groups -OCH3 is 1. The van der Waals surface area contributed by atoms with Crippen LogP contribution in [-0.4, -0.2) is 22.1 Å². The quantitative estimate of drug-likeness (QED) is 0.570. The van der Waals surface area contributed by atoms with E-state index in [0.717, 1.165) is 33.5 Å². The SMILES string of the molecule is COc1ccc2nc(-c3cc(-c4ccsc4)cnc3N)[nH]c2c1.Cl. The molecule has 0 atom stereocenters. The molecule has 0 amide bonds. The van der Waals surface area contributed by atoms with Crippen LogP contribution in [0.4, 0.5) is 5.82 Å². The van der Waals surface area contributed by atoms with Crippen LogP contribution in [-0.2, 0) is 0 Å².